The predicted molar refractivity (Wildman–Crippen MR) is 488 cm³/mol. The zero-order valence-corrected chi connectivity index (χ0v) is 79.8. The summed E-state index contributed by atoms with van der Waals surface area (Å²) in [6.07, 6.45) is 11.4. The number of ketones is 2. The number of Topliss-reactive ketones (excluding diaryl/α,β-unsaturated/α-hetero) is 2. The van der Waals surface area contributed by atoms with Crippen LogP contribution in [0.2, 0.25) is 0 Å². The number of esters is 2. The van der Waals surface area contributed by atoms with E-state index in [4.69, 9.17) is 47.9 Å². The van der Waals surface area contributed by atoms with Gasteiger partial charge in [0.15, 0.2) is 34.7 Å². The molecule has 4 aromatic carbocycles. The van der Waals surface area contributed by atoms with Crippen molar-refractivity contribution in [1.82, 2.24) is 29.2 Å². The Hall–Kier alpha value is -10.1. The zero-order valence-electron chi connectivity index (χ0n) is 78.1. The summed E-state index contributed by atoms with van der Waals surface area (Å²) in [4.78, 5) is 128. The van der Waals surface area contributed by atoms with Gasteiger partial charge in [0.25, 0.3) is 0 Å². The molecule has 2 saturated heterocycles. The van der Waals surface area contributed by atoms with Crippen molar-refractivity contribution in [2.45, 2.75) is 284 Å². The number of aromatic nitrogens is 2. The molecule has 0 bridgehead atoms. The van der Waals surface area contributed by atoms with Gasteiger partial charge >= 0.3 is 11.9 Å². The van der Waals surface area contributed by atoms with Gasteiger partial charge in [-0.3, -0.25) is 47.8 Å². The maximum Gasteiger partial charge on any atom is 0.307 e. The smallest absolute Gasteiger partial charge is 0.307 e. The van der Waals surface area contributed by atoms with Crippen LogP contribution in [0.4, 0.5) is 8.78 Å². The summed E-state index contributed by atoms with van der Waals surface area (Å²) in [7, 11) is -5.27. The number of hydrogen-bond donors (Lipinski definition) is 2. The van der Waals surface area contributed by atoms with Crippen LogP contribution in [-0.2, 0) is 67.9 Å². The molecule has 4 saturated carbocycles. The Morgan fingerprint density at radius 3 is 1.20 bits per heavy atom. The number of sulfonamides is 2. The molecule has 704 valence electrons. The van der Waals surface area contributed by atoms with Gasteiger partial charge < -0.3 is 47.7 Å². The molecule has 4 amide bonds. The van der Waals surface area contributed by atoms with Crippen LogP contribution >= 0.6 is 0 Å². The van der Waals surface area contributed by atoms with Crippen molar-refractivity contribution in [2.24, 2.45) is 58.2 Å². The minimum Gasteiger partial charge on any atom is -0.494 e. The minimum absolute atomic E-state index is 0.00361. The number of pyridine rings is 2. The lowest BCUT2D eigenvalue weighted by atomic mass is 9.82. The van der Waals surface area contributed by atoms with E-state index in [-0.39, 0.29) is 135 Å². The number of carbonyl (C=O) groups is 8. The highest BCUT2D eigenvalue weighted by Crippen LogP contribution is 2.60. The van der Waals surface area contributed by atoms with Crippen LogP contribution < -0.4 is 37.9 Å². The molecule has 0 unspecified atom stereocenters. The molecule has 6 aromatic rings. The maximum atomic E-state index is 15.4. The van der Waals surface area contributed by atoms with E-state index in [1.165, 1.54) is 36.2 Å². The molecule has 2 aromatic heterocycles. The van der Waals surface area contributed by atoms with Crippen LogP contribution in [0.3, 0.4) is 0 Å². The summed E-state index contributed by atoms with van der Waals surface area (Å²) in [6, 6.07) is 21.8. The van der Waals surface area contributed by atoms with E-state index in [0.717, 1.165) is 24.0 Å². The molecule has 4 aliphatic carbocycles. The van der Waals surface area contributed by atoms with Crippen LogP contribution in [0, 0.1) is 69.8 Å². The Labute approximate surface area is 762 Å². The lowest BCUT2D eigenvalue weighted by Gasteiger charge is -2.32. The van der Waals surface area contributed by atoms with E-state index >= 15 is 18.4 Å². The van der Waals surface area contributed by atoms with E-state index < -0.39 is 146 Å². The van der Waals surface area contributed by atoms with Gasteiger partial charge in [-0.2, -0.15) is 0 Å². The Morgan fingerprint density at radius 1 is 0.523 bits per heavy atom. The number of allylic oxidation sites excluding steroid dienone is 4. The number of carbonyl (C=O) groups excluding carboxylic acids is 8. The third kappa shape index (κ3) is 22.4. The molecule has 6 heterocycles. The summed E-state index contributed by atoms with van der Waals surface area (Å²) >= 11 is 0. The van der Waals surface area contributed by atoms with E-state index in [9.17, 15) is 45.6 Å². The number of benzene rings is 4. The third-order valence-corrected chi connectivity index (χ3v) is 31.3. The van der Waals surface area contributed by atoms with Gasteiger partial charge in [-0.25, -0.2) is 35.6 Å². The molecule has 6 fully saturated rings. The van der Waals surface area contributed by atoms with Crippen LogP contribution in [0.15, 0.2) is 109 Å². The third-order valence-electron chi connectivity index (χ3n) is 26.9. The normalized spacial score (nSPS) is 27.5. The molecule has 0 spiro atoms. The number of rotatable bonds is 22. The van der Waals surface area contributed by atoms with Gasteiger partial charge in [0.05, 0.1) is 108 Å². The first-order chi connectivity index (χ1) is 61.0. The van der Waals surface area contributed by atoms with Gasteiger partial charge in [-0.05, 0) is 291 Å². The number of fused-ring (bicyclic) bond motifs is 6. The van der Waals surface area contributed by atoms with Gasteiger partial charge in [0.1, 0.15) is 34.9 Å². The van der Waals surface area contributed by atoms with Crippen LogP contribution in [0.1, 0.15) is 226 Å². The fourth-order valence-corrected chi connectivity index (χ4v) is 21.5. The Kier molecular flexibility index (Phi) is 28.7. The summed E-state index contributed by atoms with van der Waals surface area (Å²) in [6.45, 7) is 29.4. The van der Waals surface area contributed by atoms with Crippen molar-refractivity contribution in [1.29, 1.82) is 0 Å². The largest absolute Gasteiger partial charge is 0.494 e. The Balaban J connectivity index is 0.000000222. The van der Waals surface area contributed by atoms with Crippen LogP contribution in [-0.4, -0.2) is 168 Å². The number of hydrogen-bond acceptors (Lipinski definition) is 22. The standard InChI is InChI=1S/2C50H64FN3O10S/c2*1-29(2)62-35-16-14-32(15-17-35)40-21-33-22-43(61-9)39(51)24-38(33)45(52-40)63-36-23-41-42(55)27-50(47(58)53-65(59,60)49(8)18-19-49)26-34(50)13-11-10-12-30(3)20-31(4)37(46(57)54(41)28-36)25-44(56)64-48(5,6)7/h2*11,13-17,21-22,24,29-31,34,36-37,41H,10,12,18-20,23,25-28H2,1-9H3,(H,53,58)/b2*13-11-/t30-,31+,34+,36+,37-,41-,50+;30-,31-,34-,36-,37+,41+,50-/m01/s1. The predicted octanol–water partition coefficient (Wildman–Crippen LogP) is 17.0. The first-order valence-electron chi connectivity index (χ1n) is 45.8. The molecule has 4 aliphatic heterocycles. The highest BCUT2D eigenvalue weighted by molar-refractivity contribution is 7.92. The van der Waals surface area contributed by atoms with Crippen LogP contribution in [0.5, 0.6) is 34.8 Å². The van der Waals surface area contributed by atoms with Crippen molar-refractivity contribution in [3.63, 3.8) is 0 Å². The second kappa shape index (κ2) is 38.2. The first-order valence-corrected chi connectivity index (χ1v) is 48.8. The summed E-state index contributed by atoms with van der Waals surface area (Å²) in [5.41, 5.74) is -1.81. The second-order valence-electron chi connectivity index (χ2n) is 40.8. The van der Waals surface area contributed by atoms with Gasteiger partial charge in [0.2, 0.25) is 55.4 Å². The molecular weight excluding hydrogens is 1710 g/mol. The zero-order chi connectivity index (χ0) is 94.4. The molecule has 14 atom stereocenters. The maximum absolute atomic E-state index is 15.4. The fourth-order valence-electron chi connectivity index (χ4n) is 18.8. The van der Waals surface area contributed by atoms with Crippen molar-refractivity contribution < 1.29 is 102 Å². The molecule has 30 heteroatoms. The number of halogens is 2. The molecule has 2 N–H and O–H groups in total. The van der Waals surface area contributed by atoms with Crippen molar-refractivity contribution in [3.05, 3.63) is 121 Å². The van der Waals surface area contributed by atoms with Crippen molar-refractivity contribution in [3.8, 4) is 57.3 Å². The van der Waals surface area contributed by atoms with Gasteiger partial charge in [0, 0.05) is 47.6 Å². The topological polar surface area (TPSA) is 335 Å². The fraction of sp³-hybridized carbons (Fsp3) is 0.580. The molecule has 8 aliphatic rings. The monoisotopic (exact) mass is 1830 g/mol. The number of nitrogens with zero attached hydrogens (tertiary/aromatic N) is 4. The number of ether oxygens (including phenoxy) is 8. The molecule has 14 rings (SSSR count). The highest BCUT2D eigenvalue weighted by atomic mass is 32.2. The molecule has 0 radical (unpaired) electrons. The average Bonchev–Trinajstić information content (AvgIpc) is 1.56. The Morgan fingerprint density at radius 2 is 0.877 bits per heavy atom. The summed E-state index contributed by atoms with van der Waals surface area (Å²) < 4.78 is 134. The number of amides is 4. The first kappa shape index (κ1) is 97.4. The van der Waals surface area contributed by atoms with Crippen LogP contribution in [0.25, 0.3) is 44.1 Å². The Bertz CT molecular complexity index is 5270. The molecule has 26 nitrogen and oxygen atoms in total. The lowest BCUT2D eigenvalue weighted by Crippen LogP contribution is -2.48. The summed E-state index contributed by atoms with van der Waals surface area (Å²) in [5.74, 6) is -6.71. The van der Waals surface area contributed by atoms with E-state index in [2.05, 4.69) is 23.3 Å². The van der Waals surface area contributed by atoms with Crippen molar-refractivity contribution in [2.75, 3.05) is 27.3 Å². The molecular formula is C100H128F2N6O20S2. The van der Waals surface area contributed by atoms with E-state index in [1.54, 1.807) is 79.7 Å². The van der Waals surface area contributed by atoms with Crippen molar-refractivity contribution >= 4 is 88.7 Å². The SMILES string of the molecule is COc1cc2cc(-c3ccc(OC(C)C)cc3)nc(O[C@@H]3C[C@H]4C(=O)C[C@]5(C(=O)NS(=O)(=O)C6(C)CC6)C[C@H]5/C=C\CC[C@@H](C)C[C@@H](C)[C@H](CC(=O)OC(C)(C)C)C(=O)N4C3)c2cc1F.COc1cc2cc(-c3ccc(OC(C)C)cc3)nc(O[C@@H]3C[C@H]4C(=O)C[C@]5(C(=O)NS(=O)(=O)C6(C)CC6)C[C@H]5/C=C\CC[C@H](C)C[C@@H](C)[C@H](CC(=O)OC(C)(C)C)C(=O)N4C3)c2cc1F. The summed E-state index contributed by atoms with van der Waals surface area (Å²) in [5, 5.41) is 1.82. The highest BCUT2D eigenvalue weighted by Gasteiger charge is 2.65. The quantitative estimate of drug-likeness (QED) is 0.0471. The van der Waals surface area contributed by atoms with E-state index in [0.29, 0.717) is 95.8 Å². The van der Waals surface area contributed by atoms with Gasteiger partial charge in [-0.15, -0.1) is 0 Å². The van der Waals surface area contributed by atoms with Gasteiger partial charge in [-0.1, -0.05) is 52.0 Å². The number of methoxy groups -OCH3 is 2. The van der Waals surface area contributed by atoms with E-state index in [1.807, 2.05) is 114 Å². The minimum atomic E-state index is -4.01. The average molecular weight is 1840 g/mol. The second-order valence-corrected chi connectivity index (χ2v) is 45.2. The lowest BCUT2D eigenvalue weighted by molar-refractivity contribution is -0.160. The number of nitrogens with one attached hydrogen (secondary N) is 2. The molecule has 130 heavy (non-hydrogen) atoms.